The molecule has 0 aromatic rings. The van der Waals surface area contributed by atoms with Gasteiger partial charge in [-0.1, -0.05) is 55.4 Å². The maximum absolute atomic E-state index is 12.4. The van der Waals surface area contributed by atoms with Crippen LogP contribution in [0, 0.1) is 22.7 Å². The van der Waals surface area contributed by atoms with Crippen LogP contribution in [0.4, 0.5) is 13.2 Å². The van der Waals surface area contributed by atoms with E-state index in [0.717, 1.165) is 0 Å². The molecular weight excluding hydrogens is 265 g/mol. The van der Waals surface area contributed by atoms with E-state index in [0.29, 0.717) is 6.42 Å². The first-order valence-electron chi connectivity index (χ1n) is 7.32. The molecule has 0 aliphatic rings. The van der Waals surface area contributed by atoms with Crippen molar-refractivity contribution in [3.63, 3.8) is 0 Å². The molecule has 0 aromatic heterocycles. The molecule has 0 amide bonds. The lowest BCUT2D eigenvalue weighted by Crippen LogP contribution is -2.37. The van der Waals surface area contributed by atoms with Crippen LogP contribution in [-0.4, -0.2) is 18.9 Å². The van der Waals surface area contributed by atoms with Gasteiger partial charge >= 0.3 is 6.18 Å². The predicted molar refractivity (Wildman–Crippen MR) is 77.7 cm³/mol. The molecule has 0 aliphatic heterocycles. The lowest BCUT2D eigenvalue weighted by Gasteiger charge is -2.39. The summed E-state index contributed by atoms with van der Waals surface area (Å²) in [6, 6.07) is 0. The van der Waals surface area contributed by atoms with Gasteiger partial charge in [0.1, 0.15) is 6.61 Å². The van der Waals surface area contributed by atoms with Crippen molar-refractivity contribution < 1.29 is 17.9 Å². The van der Waals surface area contributed by atoms with Crippen molar-refractivity contribution in [1.29, 1.82) is 0 Å². The molecule has 0 saturated heterocycles. The molecule has 3 unspecified atom stereocenters. The minimum absolute atomic E-state index is 0.0527. The van der Waals surface area contributed by atoms with Crippen molar-refractivity contribution in [2.75, 3.05) is 6.61 Å². The fourth-order valence-electron chi connectivity index (χ4n) is 2.31. The SMILES string of the molecule is CC(C(CC(C)(C)C)OCC(F)(F)F)C(C)C(C)(C)C. The summed E-state index contributed by atoms with van der Waals surface area (Å²) in [6.45, 7) is 15.4. The summed E-state index contributed by atoms with van der Waals surface area (Å²) in [7, 11) is 0. The van der Waals surface area contributed by atoms with E-state index in [9.17, 15) is 13.2 Å². The highest BCUT2D eigenvalue weighted by Gasteiger charge is 2.36. The Kier molecular flexibility index (Phi) is 6.59. The Balaban J connectivity index is 4.92. The van der Waals surface area contributed by atoms with E-state index in [-0.39, 0.29) is 28.8 Å². The van der Waals surface area contributed by atoms with Crippen LogP contribution in [0.25, 0.3) is 0 Å². The van der Waals surface area contributed by atoms with Crippen LogP contribution in [0.3, 0.4) is 0 Å². The minimum atomic E-state index is -4.26. The molecule has 0 heterocycles. The zero-order valence-electron chi connectivity index (χ0n) is 14.2. The van der Waals surface area contributed by atoms with E-state index in [1.165, 1.54) is 0 Å². The molecule has 0 radical (unpaired) electrons. The van der Waals surface area contributed by atoms with Crippen LogP contribution >= 0.6 is 0 Å². The average Bonchev–Trinajstić information content (AvgIpc) is 2.18. The topological polar surface area (TPSA) is 9.23 Å². The Bertz CT molecular complexity index is 284. The molecule has 4 heteroatoms. The number of ether oxygens (including phenoxy) is 1. The molecule has 0 aliphatic carbocycles. The van der Waals surface area contributed by atoms with Gasteiger partial charge in [0.2, 0.25) is 0 Å². The molecule has 20 heavy (non-hydrogen) atoms. The van der Waals surface area contributed by atoms with E-state index in [1.54, 1.807) is 0 Å². The standard InChI is InChI=1S/C16H31F3O/c1-11(12(2)15(6,7)8)13(9-14(3,4)5)20-10-16(17,18)19/h11-13H,9-10H2,1-8H3. The molecule has 0 saturated carbocycles. The molecule has 0 N–H and O–H groups in total. The first-order chi connectivity index (χ1) is 8.63. The Morgan fingerprint density at radius 2 is 1.35 bits per heavy atom. The zero-order valence-corrected chi connectivity index (χ0v) is 14.2. The number of rotatable bonds is 5. The molecule has 122 valence electrons. The second kappa shape index (κ2) is 6.67. The fourth-order valence-corrected chi connectivity index (χ4v) is 2.31. The molecule has 0 bridgehead atoms. The first kappa shape index (κ1) is 19.8. The van der Waals surface area contributed by atoms with Gasteiger partial charge in [-0.25, -0.2) is 0 Å². The van der Waals surface area contributed by atoms with Crippen molar-refractivity contribution in [1.82, 2.24) is 0 Å². The predicted octanol–water partition coefficient (Wildman–Crippen LogP) is 5.69. The highest BCUT2D eigenvalue weighted by Crippen LogP contribution is 2.38. The van der Waals surface area contributed by atoms with E-state index in [1.807, 2.05) is 27.7 Å². The van der Waals surface area contributed by atoms with Crippen molar-refractivity contribution in [2.24, 2.45) is 22.7 Å². The third kappa shape index (κ3) is 8.13. The second-order valence-electron chi connectivity index (χ2n) is 8.24. The number of halogens is 3. The van der Waals surface area contributed by atoms with E-state index in [2.05, 4.69) is 27.7 Å². The highest BCUT2D eigenvalue weighted by atomic mass is 19.4. The van der Waals surface area contributed by atoms with Gasteiger partial charge in [-0.3, -0.25) is 0 Å². The second-order valence-corrected chi connectivity index (χ2v) is 8.24. The highest BCUT2D eigenvalue weighted by molar-refractivity contribution is 4.83. The van der Waals surface area contributed by atoms with Gasteiger partial charge in [0.05, 0.1) is 6.10 Å². The van der Waals surface area contributed by atoms with Crippen LogP contribution in [0.5, 0.6) is 0 Å². The van der Waals surface area contributed by atoms with E-state index < -0.39 is 12.8 Å². The third-order valence-electron chi connectivity index (χ3n) is 4.02. The van der Waals surface area contributed by atoms with Crippen molar-refractivity contribution in [2.45, 2.75) is 74.1 Å². The van der Waals surface area contributed by atoms with Crippen molar-refractivity contribution in [3.05, 3.63) is 0 Å². The lowest BCUT2D eigenvalue weighted by molar-refractivity contribution is -0.196. The van der Waals surface area contributed by atoms with Gasteiger partial charge in [-0.15, -0.1) is 0 Å². The molecule has 0 aromatic carbocycles. The van der Waals surface area contributed by atoms with Gasteiger partial charge < -0.3 is 4.74 Å². The van der Waals surface area contributed by atoms with E-state index in [4.69, 9.17) is 4.74 Å². The summed E-state index contributed by atoms with van der Waals surface area (Å²) in [5.74, 6) is 0.361. The summed E-state index contributed by atoms with van der Waals surface area (Å²) in [4.78, 5) is 0. The van der Waals surface area contributed by atoms with Crippen molar-refractivity contribution >= 4 is 0 Å². The van der Waals surface area contributed by atoms with Crippen LogP contribution in [0.15, 0.2) is 0 Å². The molecular formula is C16H31F3O. The normalized spacial score (nSPS) is 18.8. The molecule has 1 nitrogen and oxygen atoms in total. The van der Waals surface area contributed by atoms with Crippen LogP contribution < -0.4 is 0 Å². The summed E-state index contributed by atoms with van der Waals surface area (Å²) in [6.07, 6.45) is -4.00. The maximum atomic E-state index is 12.4. The number of hydrogen-bond acceptors (Lipinski definition) is 1. The van der Waals surface area contributed by atoms with Gasteiger partial charge in [0.25, 0.3) is 0 Å². The van der Waals surface area contributed by atoms with Gasteiger partial charge in [-0.2, -0.15) is 13.2 Å². The molecule has 3 atom stereocenters. The minimum Gasteiger partial charge on any atom is -0.368 e. The Morgan fingerprint density at radius 1 is 0.900 bits per heavy atom. The summed E-state index contributed by atoms with van der Waals surface area (Å²) >= 11 is 0. The van der Waals surface area contributed by atoms with Gasteiger partial charge in [0.15, 0.2) is 0 Å². The summed E-state index contributed by atoms with van der Waals surface area (Å²) in [5, 5.41) is 0. The number of alkyl halides is 3. The summed E-state index contributed by atoms with van der Waals surface area (Å²) in [5.41, 5.74) is -0.000721. The largest absolute Gasteiger partial charge is 0.411 e. The lowest BCUT2D eigenvalue weighted by atomic mass is 9.71. The maximum Gasteiger partial charge on any atom is 0.411 e. The van der Waals surface area contributed by atoms with Crippen molar-refractivity contribution in [3.8, 4) is 0 Å². The first-order valence-corrected chi connectivity index (χ1v) is 7.32. The monoisotopic (exact) mass is 296 g/mol. The average molecular weight is 296 g/mol. The van der Waals surface area contributed by atoms with Crippen LogP contribution in [0.1, 0.15) is 61.8 Å². The third-order valence-corrected chi connectivity index (χ3v) is 4.02. The Hall–Kier alpha value is -0.250. The van der Waals surface area contributed by atoms with Gasteiger partial charge in [-0.05, 0) is 29.1 Å². The van der Waals surface area contributed by atoms with Crippen LogP contribution in [-0.2, 0) is 4.74 Å². The van der Waals surface area contributed by atoms with Gasteiger partial charge in [0, 0.05) is 0 Å². The Morgan fingerprint density at radius 3 is 1.65 bits per heavy atom. The number of hydrogen-bond donors (Lipinski definition) is 0. The summed E-state index contributed by atoms with van der Waals surface area (Å²) < 4.78 is 42.5. The molecule has 0 fully saturated rings. The smallest absolute Gasteiger partial charge is 0.368 e. The fraction of sp³-hybridized carbons (Fsp3) is 1.00. The van der Waals surface area contributed by atoms with Crippen LogP contribution in [0.2, 0.25) is 0 Å². The molecule has 0 spiro atoms. The van der Waals surface area contributed by atoms with E-state index >= 15 is 0 Å². The molecule has 0 rings (SSSR count). The Labute approximate surface area is 122 Å². The zero-order chi connectivity index (χ0) is 16.4. The quantitative estimate of drug-likeness (QED) is 0.633.